The molecule has 1 amide bonds. The van der Waals surface area contributed by atoms with Crippen molar-refractivity contribution >= 4 is 18.3 Å². The predicted molar refractivity (Wildman–Crippen MR) is 103 cm³/mol. The largest absolute Gasteiger partial charge is 0.381 e. The van der Waals surface area contributed by atoms with E-state index in [4.69, 9.17) is 4.74 Å². The summed E-state index contributed by atoms with van der Waals surface area (Å²) in [6.07, 6.45) is 4.55. The van der Waals surface area contributed by atoms with Crippen LogP contribution in [0.2, 0.25) is 0 Å². The lowest BCUT2D eigenvalue weighted by Crippen LogP contribution is -2.52. The van der Waals surface area contributed by atoms with Gasteiger partial charge in [0.15, 0.2) is 0 Å². The third-order valence-electron chi connectivity index (χ3n) is 5.84. The molecule has 0 saturated carbocycles. The molecule has 146 valence electrons. The van der Waals surface area contributed by atoms with E-state index in [-0.39, 0.29) is 24.1 Å². The minimum Gasteiger partial charge on any atom is -0.381 e. The molecule has 2 aliphatic heterocycles. The third kappa shape index (κ3) is 4.56. The summed E-state index contributed by atoms with van der Waals surface area (Å²) in [6, 6.07) is 6.57. The molecular formula is C20H30ClFN2O2. The number of halogens is 2. The van der Waals surface area contributed by atoms with Crippen LogP contribution in [0.3, 0.4) is 0 Å². The molecular weight excluding hydrogens is 355 g/mol. The summed E-state index contributed by atoms with van der Waals surface area (Å²) in [5.74, 6) is 0.576. The third-order valence-corrected chi connectivity index (χ3v) is 5.84. The highest BCUT2D eigenvalue weighted by molar-refractivity contribution is 5.88. The number of piperidine rings is 1. The van der Waals surface area contributed by atoms with Crippen LogP contribution in [0.5, 0.6) is 0 Å². The zero-order valence-corrected chi connectivity index (χ0v) is 16.3. The summed E-state index contributed by atoms with van der Waals surface area (Å²) < 4.78 is 19.3. The molecule has 0 unspecified atom stereocenters. The van der Waals surface area contributed by atoms with Crippen molar-refractivity contribution in [2.45, 2.75) is 37.5 Å². The molecule has 2 aliphatic rings. The lowest BCUT2D eigenvalue weighted by atomic mass is 9.72. The number of amides is 1. The standard InChI is InChI=1S/C20H29FN2O2.ClH/c1-22-10-5-16-6-11-23(12-7-16)19(24)20(8-13-25-14-9-20)17-3-2-4-18(21)15-17;/h2-4,15-16,22H,5-14H2,1H3;1H. The predicted octanol–water partition coefficient (Wildman–Crippen LogP) is 3.14. The van der Waals surface area contributed by atoms with Gasteiger partial charge in [-0.2, -0.15) is 0 Å². The van der Waals surface area contributed by atoms with E-state index in [0.717, 1.165) is 38.0 Å². The van der Waals surface area contributed by atoms with E-state index in [9.17, 15) is 9.18 Å². The average Bonchev–Trinajstić information content (AvgIpc) is 2.67. The van der Waals surface area contributed by atoms with Crippen LogP contribution >= 0.6 is 12.4 Å². The van der Waals surface area contributed by atoms with Gasteiger partial charge in [-0.05, 0) is 69.3 Å². The SMILES string of the molecule is CNCCC1CCN(C(=O)C2(c3cccc(F)c3)CCOCC2)CC1.Cl. The molecule has 4 nitrogen and oxygen atoms in total. The normalized spacial score (nSPS) is 20.5. The summed E-state index contributed by atoms with van der Waals surface area (Å²) in [5.41, 5.74) is 0.177. The molecule has 0 spiro atoms. The number of nitrogens with one attached hydrogen (secondary N) is 1. The quantitative estimate of drug-likeness (QED) is 0.847. The van der Waals surface area contributed by atoms with Gasteiger partial charge >= 0.3 is 0 Å². The van der Waals surface area contributed by atoms with Crippen LogP contribution in [-0.4, -0.2) is 50.7 Å². The molecule has 0 atom stereocenters. The highest BCUT2D eigenvalue weighted by Gasteiger charge is 2.44. The van der Waals surface area contributed by atoms with E-state index in [2.05, 4.69) is 5.32 Å². The Morgan fingerprint density at radius 2 is 2.00 bits per heavy atom. The second-order valence-corrected chi connectivity index (χ2v) is 7.33. The number of hydrogen-bond donors (Lipinski definition) is 1. The fraction of sp³-hybridized carbons (Fsp3) is 0.650. The Balaban J connectivity index is 0.00000243. The van der Waals surface area contributed by atoms with Crippen molar-refractivity contribution in [3.05, 3.63) is 35.6 Å². The Kier molecular flexibility index (Phi) is 7.86. The minimum atomic E-state index is -0.627. The molecule has 1 N–H and O–H groups in total. The number of likely N-dealkylation sites (tertiary alicyclic amines) is 1. The number of benzene rings is 1. The molecule has 6 heteroatoms. The van der Waals surface area contributed by atoms with Crippen molar-refractivity contribution in [2.75, 3.05) is 39.9 Å². The van der Waals surface area contributed by atoms with E-state index >= 15 is 0 Å². The van der Waals surface area contributed by atoms with Gasteiger partial charge in [-0.25, -0.2) is 4.39 Å². The summed E-state index contributed by atoms with van der Waals surface area (Å²) >= 11 is 0. The second-order valence-electron chi connectivity index (χ2n) is 7.33. The average molecular weight is 385 g/mol. The molecule has 0 aliphatic carbocycles. The molecule has 0 bridgehead atoms. The van der Waals surface area contributed by atoms with Crippen LogP contribution in [0.25, 0.3) is 0 Å². The molecule has 0 aromatic heterocycles. The molecule has 1 aromatic carbocycles. The smallest absolute Gasteiger partial charge is 0.233 e. The number of carbonyl (C=O) groups is 1. The van der Waals surface area contributed by atoms with Gasteiger partial charge in [-0.15, -0.1) is 12.4 Å². The van der Waals surface area contributed by atoms with Gasteiger partial charge in [0.2, 0.25) is 5.91 Å². The van der Waals surface area contributed by atoms with Gasteiger partial charge in [0, 0.05) is 26.3 Å². The fourth-order valence-electron chi connectivity index (χ4n) is 4.21. The first-order valence-electron chi connectivity index (χ1n) is 9.43. The number of hydrogen-bond acceptors (Lipinski definition) is 3. The zero-order chi connectivity index (χ0) is 17.7. The topological polar surface area (TPSA) is 41.6 Å². The number of rotatable bonds is 5. The van der Waals surface area contributed by atoms with Gasteiger partial charge in [0.1, 0.15) is 5.82 Å². The van der Waals surface area contributed by atoms with Gasteiger partial charge in [-0.3, -0.25) is 4.79 Å². The summed E-state index contributed by atoms with van der Waals surface area (Å²) in [5, 5.41) is 3.20. The van der Waals surface area contributed by atoms with Gasteiger partial charge in [-0.1, -0.05) is 12.1 Å². The zero-order valence-electron chi connectivity index (χ0n) is 15.5. The lowest BCUT2D eigenvalue weighted by molar-refractivity contribution is -0.142. The van der Waals surface area contributed by atoms with Crippen LogP contribution in [0.1, 0.15) is 37.7 Å². The summed E-state index contributed by atoms with van der Waals surface area (Å²) in [4.78, 5) is 15.4. The molecule has 3 rings (SSSR count). The Morgan fingerprint density at radius 1 is 1.31 bits per heavy atom. The number of nitrogens with zero attached hydrogens (tertiary/aromatic N) is 1. The van der Waals surface area contributed by atoms with Crippen LogP contribution < -0.4 is 5.32 Å². The highest BCUT2D eigenvalue weighted by atomic mass is 35.5. The lowest BCUT2D eigenvalue weighted by Gasteiger charge is -2.42. The number of carbonyl (C=O) groups excluding carboxylic acids is 1. The Morgan fingerprint density at radius 3 is 2.62 bits per heavy atom. The van der Waals surface area contributed by atoms with Crippen molar-refractivity contribution in [1.29, 1.82) is 0 Å². The Labute approximate surface area is 161 Å². The van der Waals surface area contributed by atoms with Crippen molar-refractivity contribution in [2.24, 2.45) is 5.92 Å². The summed E-state index contributed by atoms with van der Waals surface area (Å²) in [7, 11) is 1.98. The van der Waals surface area contributed by atoms with Crippen molar-refractivity contribution in [3.8, 4) is 0 Å². The monoisotopic (exact) mass is 384 g/mol. The maximum absolute atomic E-state index is 13.8. The van der Waals surface area contributed by atoms with Gasteiger partial charge in [0.25, 0.3) is 0 Å². The van der Waals surface area contributed by atoms with E-state index in [1.165, 1.54) is 18.6 Å². The van der Waals surface area contributed by atoms with Crippen LogP contribution in [0.4, 0.5) is 4.39 Å². The first kappa shape index (κ1) is 21.1. The van der Waals surface area contributed by atoms with Gasteiger partial charge < -0.3 is 15.0 Å². The van der Waals surface area contributed by atoms with E-state index in [1.54, 1.807) is 6.07 Å². The van der Waals surface area contributed by atoms with Crippen LogP contribution in [0.15, 0.2) is 24.3 Å². The minimum absolute atomic E-state index is 0. The highest BCUT2D eigenvalue weighted by Crippen LogP contribution is 2.38. The van der Waals surface area contributed by atoms with Gasteiger partial charge in [0.05, 0.1) is 5.41 Å². The number of ether oxygens (including phenoxy) is 1. The first-order chi connectivity index (χ1) is 12.2. The second kappa shape index (κ2) is 9.67. The van der Waals surface area contributed by atoms with Crippen molar-refractivity contribution in [3.63, 3.8) is 0 Å². The van der Waals surface area contributed by atoms with Crippen LogP contribution in [0, 0.1) is 11.7 Å². The van der Waals surface area contributed by atoms with Crippen LogP contribution in [-0.2, 0) is 14.9 Å². The molecule has 26 heavy (non-hydrogen) atoms. The molecule has 2 saturated heterocycles. The Hall–Kier alpha value is -1.17. The fourth-order valence-corrected chi connectivity index (χ4v) is 4.21. The molecule has 1 aromatic rings. The summed E-state index contributed by atoms with van der Waals surface area (Å²) in [6.45, 7) is 3.77. The Bertz CT molecular complexity index is 585. The van der Waals surface area contributed by atoms with Crippen molar-refractivity contribution < 1.29 is 13.9 Å². The first-order valence-corrected chi connectivity index (χ1v) is 9.43. The molecule has 2 heterocycles. The van der Waals surface area contributed by atoms with E-state index in [0.29, 0.717) is 32.0 Å². The van der Waals surface area contributed by atoms with E-state index < -0.39 is 5.41 Å². The maximum atomic E-state index is 13.8. The van der Waals surface area contributed by atoms with Crippen molar-refractivity contribution in [1.82, 2.24) is 10.2 Å². The maximum Gasteiger partial charge on any atom is 0.233 e. The van der Waals surface area contributed by atoms with E-state index in [1.807, 2.05) is 18.0 Å². The molecule has 2 fully saturated rings. The molecule has 0 radical (unpaired) electrons.